The molecule has 1 aromatic carbocycles. The molecule has 0 aliphatic heterocycles. The van der Waals surface area contributed by atoms with Crippen LogP contribution in [0.3, 0.4) is 0 Å². The summed E-state index contributed by atoms with van der Waals surface area (Å²) in [5.41, 5.74) is 12.5. The third-order valence-corrected chi connectivity index (χ3v) is 2.17. The standard InChI is InChI=1S/C10H16N2O2/c11-5-3-7-1-2-9(13)10(14)8(7)4-6-12/h1-2,13-14H,3-6,11-12H2. The molecule has 0 aliphatic carbocycles. The molecule has 4 heteroatoms. The van der Waals surface area contributed by atoms with E-state index in [0.717, 1.165) is 5.56 Å². The fourth-order valence-corrected chi connectivity index (χ4v) is 1.48. The Labute approximate surface area is 83.2 Å². The molecule has 0 radical (unpaired) electrons. The highest BCUT2D eigenvalue weighted by Crippen LogP contribution is 2.31. The van der Waals surface area contributed by atoms with Gasteiger partial charge in [0.15, 0.2) is 11.5 Å². The van der Waals surface area contributed by atoms with Gasteiger partial charge in [0.2, 0.25) is 0 Å². The second-order valence-corrected chi connectivity index (χ2v) is 3.15. The van der Waals surface area contributed by atoms with Gasteiger partial charge in [0.25, 0.3) is 0 Å². The van der Waals surface area contributed by atoms with Gasteiger partial charge in [0, 0.05) is 5.56 Å². The summed E-state index contributed by atoms with van der Waals surface area (Å²) in [6, 6.07) is 3.24. The minimum atomic E-state index is -0.103. The largest absolute Gasteiger partial charge is 0.504 e. The molecule has 6 N–H and O–H groups in total. The van der Waals surface area contributed by atoms with E-state index >= 15 is 0 Å². The van der Waals surface area contributed by atoms with Crippen LogP contribution in [-0.4, -0.2) is 23.3 Å². The van der Waals surface area contributed by atoms with Gasteiger partial charge in [-0.1, -0.05) is 6.07 Å². The molecule has 4 nitrogen and oxygen atoms in total. The summed E-state index contributed by atoms with van der Waals surface area (Å²) in [6.45, 7) is 0.955. The van der Waals surface area contributed by atoms with Crippen molar-refractivity contribution < 1.29 is 10.2 Å². The molecule has 1 aromatic rings. The van der Waals surface area contributed by atoms with E-state index in [0.29, 0.717) is 31.5 Å². The molecule has 14 heavy (non-hydrogen) atoms. The van der Waals surface area contributed by atoms with E-state index in [1.165, 1.54) is 6.07 Å². The Kier molecular flexibility index (Phi) is 3.73. The lowest BCUT2D eigenvalue weighted by atomic mass is 10.00. The van der Waals surface area contributed by atoms with Crippen LogP contribution in [0, 0.1) is 0 Å². The normalized spacial score (nSPS) is 10.4. The summed E-state index contributed by atoms with van der Waals surface area (Å²) in [7, 11) is 0. The second kappa shape index (κ2) is 4.83. The molecule has 0 aromatic heterocycles. The van der Waals surface area contributed by atoms with Crippen LogP contribution in [0.5, 0.6) is 11.5 Å². The highest BCUT2D eigenvalue weighted by atomic mass is 16.3. The maximum atomic E-state index is 9.59. The highest BCUT2D eigenvalue weighted by Gasteiger charge is 2.10. The van der Waals surface area contributed by atoms with E-state index in [-0.39, 0.29) is 11.5 Å². The van der Waals surface area contributed by atoms with Crippen molar-refractivity contribution in [1.82, 2.24) is 0 Å². The third kappa shape index (κ3) is 2.16. The van der Waals surface area contributed by atoms with E-state index in [1.807, 2.05) is 0 Å². The van der Waals surface area contributed by atoms with Crippen LogP contribution >= 0.6 is 0 Å². The third-order valence-electron chi connectivity index (χ3n) is 2.17. The van der Waals surface area contributed by atoms with Gasteiger partial charge in [-0.05, 0) is 37.6 Å². The number of hydrogen-bond acceptors (Lipinski definition) is 4. The van der Waals surface area contributed by atoms with Crippen molar-refractivity contribution in [2.75, 3.05) is 13.1 Å². The predicted octanol–water partition coefficient (Wildman–Crippen LogP) is 0.100. The molecule has 0 bridgehead atoms. The molecular formula is C10H16N2O2. The summed E-state index contributed by atoms with van der Waals surface area (Å²) in [5, 5.41) is 18.9. The van der Waals surface area contributed by atoms with Crippen molar-refractivity contribution in [3.63, 3.8) is 0 Å². The van der Waals surface area contributed by atoms with Crippen LogP contribution in [-0.2, 0) is 12.8 Å². The van der Waals surface area contributed by atoms with Crippen LogP contribution in [0.1, 0.15) is 11.1 Å². The number of hydrogen-bond donors (Lipinski definition) is 4. The summed E-state index contributed by atoms with van der Waals surface area (Å²) >= 11 is 0. The molecule has 0 aliphatic rings. The van der Waals surface area contributed by atoms with Crippen molar-refractivity contribution in [2.24, 2.45) is 11.5 Å². The topological polar surface area (TPSA) is 92.5 Å². The lowest BCUT2D eigenvalue weighted by Crippen LogP contribution is -2.09. The smallest absolute Gasteiger partial charge is 0.160 e. The molecule has 1 rings (SSSR count). The molecule has 0 atom stereocenters. The second-order valence-electron chi connectivity index (χ2n) is 3.15. The minimum absolute atomic E-state index is 0.0681. The molecule has 0 fully saturated rings. The Hall–Kier alpha value is -1.26. The van der Waals surface area contributed by atoms with Crippen molar-refractivity contribution in [2.45, 2.75) is 12.8 Å². The number of phenolic OH excluding ortho intramolecular Hbond substituents is 2. The van der Waals surface area contributed by atoms with E-state index in [1.54, 1.807) is 6.07 Å². The molecule has 78 valence electrons. The zero-order valence-electron chi connectivity index (χ0n) is 8.03. The van der Waals surface area contributed by atoms with Gasteiger partial charge < -0.3 is 21.7 Å². The predicted molar refractivity (Wildman–Crippen MR) is 55.3 cm³/mol. The Morgan fingerprint density at radius 3 is 2.21 bits per heavy atom. The number of nitrogens with two attached hydrogens (primary N) is 2. The molecule has 0 saturated heterocycles. The number of benzene rings is 1. The van der Waals surface area contributed by atoms with Crippen molar-refractivity contribution >= 4 is 0 Å². The fourth-order valence-electron chi connectivity index (χ4n) is 1.48. The minimum Gasteiger partial charge on any atom is -0.504 e. The molecule has 0 saturated carbocycles. The van der Waals surface area contributed by atoms with E-state index in [2.05, 4.69) is 0 Å². The average Bonchev–Trinajstić information content (AvgIpc) is 2.18. The van der Waals surface area contributed by atoms with Crippen molar-refractivity contribution in [1.29, 1.82) is 0 Å². The SMILES string of the molecule is NCCc1ccc(O)c(O)c1CCN. The maximum Gasteiger partial charge on any atom is 0.160 e. The Morgan fingerprint density at radius 2 is 1.64 bits per heavy atom. The van der Waals surface area contributed by atoms with Crippen LogP contribution < -0.4 is 11.5 Å². The van der Waals surface area contributed by atoms with E-state index in [4.69, 9.17) is 11.5 Å². The van der Waals surface area contributed by atoms with Gasteiger partial charge in [-0.25, -0.2) is 0 Å². The fraction of sp³-hybridized carbons (Fsp3) is 0.400. The van der Waals surface area contributed by atoms with Crippen LogP contribution in [0.4, 0.5) is 0 Å². The van der Waals surface area contributed by atoms with Crippen LogP contribution in [0.25, 0.3) is 0 Å². The van der Waals surface area contributed by atoms with E-state index < -0.39 is 0 Å². The first kappa shape index (κ1) is 10.8. The zero-order valence-corrected chi connectivity index (χ0v) is 8.03. The quantitative estimate of drug-likeness (QED) is 0.514. The highest BCUT2D eigenvalue weighted by molar-refractivity contribution is 5.49. The summed E-state index contributed by atoms with van der Waals surface area (Å²) < 4.78 is 0. The molecular weight excluding hydrogens is 180 g/mol. The van der Waals surface area contributed by atoms with E-state index in [9.17, 15) is 10.2 Å². The van der Waals surface area contributed by atoms with Gasteiger partial charge >= 0.3 is 0 Å². The Bertz CT molecular complexity index is 313. The van der Waals surface area contributed by atoms with Gasteiger partial charge in [-0.15, -0.1) is 0 Å². The molecule has 0 unspecified atom stereocenters. The summed E-state index contributed by atoms with van der Waals surface area (Å²) in [5.74, 6) is -0.171. The molecule has 0 amide bonds. The first-order valence-electron chi connectivity index (χ1n) is 4.63. The van der Waals surface area contributed by atoms with Crippen LogP contribution in [0.15, 0.2) is 12.1 Å². The lowest BCUT2D eigenvalue weighted by molar-refractivity contribution is 0.398. The summed E-state index contributed by atoms with van der Waals surface area (Å²) in [4.78, 5) is 0. The number of rotatable bonds is 4. The first-order valence-corrected chi connectivity index (χ1v) is 4.63. The zero-order chi connectivity index (χ0) is 10.6. The van der Waals surface area contributed by atoms with Gasteiger partial charge in [-0.3, -0.25) is 0 Å². The number of aromatic hydroxyl groups is 2. The summed E-state index contributed by atoms with van der Waals surface area (Å²) in [6.07, 6.45) is 1.23. The lowest BCUT2D eigenvalue weighted by Gasteiger charge is -2.11. The van der Waals surface area contributed by atoms with Gasteiger partial charge in [0.05, 0.1) is 0 Å². The monoisotopic (exact) mass is 196 g/mol. The number of phenols is 2. The maximum absolute atomic E-state index is 9.59. The average molecular weight is 196 g/mol. The van der Waals surface area contributed by atoms with Crippen molar-refractivity contribution in [3.05, 3.63) is 23.3 Å². The Morgan fingerprint density at radius 1 is 1.00 bits per heavy atom. The molecule has 0 heterocycles. The first-order chi connectivity index (χ1) is 6.70. The van der Waals surface area contributed by atoms with Crippen molar-refractivity contribution in [3.8, 4) is 11.5 Å². The van der Waals surface area contributed by atoms with Crippen LogP contribution in [0.2, 0.25) is 0 Å². The molecule has 0 spiro atoms. The van der Waals surface area contributed by atoms with Gasteiger partial charge in [0.1, 0.15) is 0 Å². The Balaban J connectivity index is 3.08. The van der Waals surface area contributed by atoms with Gasteiger partial charge in [-0.2, -0.15) is 0 Å².